The molecule has 0 bridgehead atoms. The van der Waals surface area contributed by atoms with E-state index in [1.54, 1.807) is 0 Å². The molecule has 4 heteroatoms. The van der Waals surface area contributed by atoms with Crippen molar-refractivity contribution in [3.05, 3.63) is 0 Å². The standard InChI is InChI=1S/C15H29N3O/c1-12-6-3-4-8-14(12)17-15(19)11-18(2)10-13-7-5-9-16-13/h12-14,16H,3-11H2,1-2H3,(H,17,19). The van der Waals surface area contributed by atoms with E-state index >= 15 is 0 Å². The van der Waals surface area contributed by atoms with Gasteiger partial charge >= 0.3 is 0 Å². The highest BCUT2D eigenvalue weighted by Gasteiger charge is 2.23. The fourth-order valence-corrected chi connectivity index (χ4v) is 3.38. The molecule has 1 amide bonds. The van der Waals surface area contributed by atoms with Crippen LogP contribution in [0.5, 0.6) is 0 Å². The summed E-state index contributed by atoms with van der Waals surface area (Å²) in [6.45, 7) is 4.90. The third-order valence-electron chi connectivity index (χ3n) is 4.57. The minimum Gasteiger partial charge on any atom is -0.352 e. The number of likely N-dealkylation sites (N-methyl/N-ethyl adjacent to an activating group) is 1. The van der Waals surface area contributed by atoms with Crippen LogP contribution in [0.3, 0.4) is 0 Å². The Hall–Kier alpha value is -0.610. The Bertz CT molecular complexity index is 289. The lowest BCUT2D eigenvalue weighted by molar-refractivity contribution is -0.123. The number of nitrogens with one attached hydrogen (secondary N) is 2. The number of hydrogen-bond acceptors (Lipinski definition) is 3. The number of carbonyl (C=O) groups is 1. The molecule has 1 saturated heterocycles. The first-order valence-corrected chi connectivity index (χ1v) is 7.86. The molecule has 1 heterocycles. The minimum absolute atomic E-state index is 0.194. The molecule has 3 unspecified atom stereocenters. The Morgan fingerprint density at radius 1 is 1.26 bits per heavy atom. The van der Waals surface area contributed by atoms with E-state index in [0.29, 0.717) is 24.5 Å². The molecular weight excluding hydrogens is 238 g/mol. The second kappa shape index (κ2) is 7.25. The molecule has 1 aliphatic heterocycles. The number of rotatable bonds is 5. The Kier molecular flexibility index (Phi) is 5.64. The molecule has 0 spiro atoms. The Balaban J connectivity index is 1.67. The average Bonchev–Trinajstić information content (AvgIpc) is 2.84. The zero-order valence-corrected chi connectivity index (χ0v) is 12.5. The van der Waals surface area contributed by atoms with Gasteiger partial charge in [0, 0.05) is 18.6 Å². The zero-order chi connectivity index (χ0) is 13.7. The summed E-state index contributed by atoms with van der Waals surface area (Å²) in [6, 6.07) is 0.977. The van der Waals surface area contributed by atoms with E-state index in [-0.39, 0.29) is 5.91 Å². The van der Waals surface area contributed by atoms with Crippen LogP contribution in [0.15, 0.2) is 0 Å². The van der Waals surface area contributed by atoms with Gasteiger partial charge in [0.05, 0.1) is 6.54 Å². The summed E-state index contributed by atoms with van der Waals surface area (Å²) in [6.07, 6.45) is 7.50. The Morgan fingerprint density at radius 2 is 2.05 bits per heavy atom. The molecule has 4 nitrogen and oxygen atoms in total. The topological polar surface area (TPSA) is 44.4 Å². The highest BCUT2D eigenvalue weighted by atomic mass is 16.2. The van der Waals surface area contributed by atoms with Gasteiger partial charge in [-0.05, 0) is 45.2 Å². The van der Waals surface area contributed by atoms with Gasteiger partial charge in [0.25, 0.3) is 0 Å². The lowest BCUT2D eigenvalue weighted by atomic mass is 9.86. The summed E-state index contributed by atoms with van der Waals surface area (Å²) < 4.78 is 0. The molecule has 2 aliphatic rings. The van der Waals surface area contributed by atoms with E-state index in [4.69, 9.17) is 0 Å². The van der Waals surface area contributed by atoms with Crippen molar-refractivity contribution in [1.29, 1.82) is 0 Å². The maximum Gasteiger partial charge on any atom is 0.234 e. The van der Waals surface area contributed by atoms with Crippen molar-refractivity contribution in [3.8, 4) is 0 Å². The van der Waals surface area contributed by atoms with Crippen molar-refractivity contribution in [2.24, 2.45) is 5.92 Å². The smallest absolute Gasteiger partial charge is 0.234 e. The zero-order valence-electron chi connectivity index (χ0n) is 12.5. The molecule has 110 valence electrons. The SMILES string of the molecule is CC1CCCCC1NC(=O)CN(C)CC1CCCN1. The van der Waals surface area contributed by atoms with Crippen LogP contribution in [0, 0.1) is 5.92 Å². The second-order valence-electron chi connectivity index (χ2n) is 6.43. The van der Waals surface area contributed by atoms with Gasteiger partial charge in [-0.1, -0.05) is 19.8 Å². The molecule has 2 fully saturated rings. The summed E-state index contributed by atoms with van der Waals surface area (Å²) in [4.78, 5) is 14.2. The average molecular weight is 267 g/mol. The Labute approximate surface area is 117 Å². The van der Waals surface area contributed by atoms with Crippen LogP contribution < -0.4 is 10.6 Å². The molecule has 1 saturated carbocycles. The lowest BCUT2D eigenvalue weighted by Gasteiger charge is -2.30. The molecule has 2 rings (SSSR count). The van der Waals surface area contributed by atoms with E-state index in [1.807, 2.05) is 7.05 Å². The molecule has 1 aliphatic carbocycles. The van der Waals surface area contributed by atoms with E-state index in [9.17, 15) is 4.79 Å². The van der Waals surface area contributed by atoms with Gasteiger partial charge < -0.3 is 10.6 Å². The molecule has 0 aromatic carbocycles. The number of carbonyl (C=O) groups excluding carboxylic acids is 1. The fourth-order valence-electron chi connectivity index (χ4n) is 3.38. The summed E-state index contributed by atoms with van der Waals surface area (Å²) >= 11 is 0. The molecule has 0 radical (unpaired) electrons. The van der Waals surface area contributed by atoms with Crippen molar-refractivity contribution in [1.82, 2.24) is 15.5 Å². The lowest BCUT2D eigenvalue weighted by Crippen LogP contribution is -2.46. The first kappa shape index (κ1) is 14.8. The van der Waals surface area contributed by atoms with Crippen molar-refractivity contribution in [3.63, 3.8) is 0 Å². The largest absolute Gasteiger partial charge is 0.352 e. The predicted molar refractivity (Wildman–Crippen MR) is 78.1 cm³/mol. The quantitative estimate of drug-likeness (QED) is 0.790. The van der Waals surface area contributed by atoms with E-state index < -0.39 is 0 Å². The molecule has 3 atom stereocenters. The van der Waals surface area contributed by atoms with E-state index in [0.717, 1.165) is 19.5 Å². The first-order valence-electron chi connectivity index (χ1n) is 7.86. The van der Waals surface area contributed by atoms with E-state index in [1.165, 1.54) is 32.1 Å². The summed E-state index contributed by atoms with van der Waals surface area (Å²) in [5.41, 5.74) is 0. The second-order valence-corrected chi connectivity index (χ2v) is 6.43. The maximum atomic E-state index is 12.1. The van der Waals surface area contributed by atoms with Gasteiger partial charge in [-0.25, -0.2) is 0 Å². The number of hydrogen-bond donors (Lipinski definition) is 2. The molecule has 0 aromatic heterocycles. The van der Waals surface area contributed by atoms with Crippen LogP contribution in [0.25, 0.3) is 0 Å². The third kappa shape index (κ3) is 4.77. The van der Waals surface area contributed by atoms with Gasteiger partial charge in [-0.3, -0.25) is 9.69 Å². The summed E-state index contributed by atoms with van der Waals surface area (Å²) in [5.74, 6) is 0.832. The predicted octanol–water partition coefficient (Wildman–Crippen LogP) is 1.37. The van der Waals surface area contributed by atoms with Gasteiger partial charge in [0.15, 0.2) is 0 Å². The molecule has 0 aromatic rings. The fraction of sp³-hybridized carbons (Fsp3) is 0.933. The monoisotopic (exact) mass is 267 g/mol. The van der Waals surface area contributed by atoms with Gasteiger partial charge in [0.2, 0.25) is 5.91 Å². The van der Waals surface area contributed by atoms with Crippen molar-refractivity contribution < 1.29 is 4.79 Å². The van der Waals surface area contributed by atoms with Crippen LogP contribution in [-0.4, -0.2) is 49.6 Å². The van der Waals surface area contributed by atoms with Crippen molar-refractivity contribution in [2.45, 2.75) is 57.5 Å². The van der Waals surface area contributed by atoms with Gasteiger partial charge in [-0.2, -0.15) is 0 Å². The maximum absolute atomic E-state index is 12.1. The molecule has 19 heavy (non-hydrogen) atoms. The third-order valence-corrected chi connectivity index (χ3v) is 4.57. The minimum atomic E-state index is 0.194. The summed E-state index contributed by atoms with van der Waals surface area (Å²) in [5, 5.41) is 6.70. The first-order chi connectivity index (χ1) is 9.15. The van der Waals surface area contributed by atoms with Crippen LogP contribution in [0.4, 0.5) is 0 Å². The number of nitrogens with zero attached hydrogens (tertiary/aromatic N) is 1. The van der Waals surface area contributed by atoms with Gasteiger partial charge in [-0.15, -0.1) is 0 Å². The number of amides is 1. The van der Waals surface area contributed by atoms with Crippen LogP contribution in [0.1, 0.15) is 45.4 Å². The summed E-state index contributed by atoms with van der Waals surface area (Å²) in [7, 11) is 2.05. The van der Waals surface area contributed by atoms with E-state index in [2.05, 4.69) is 22.5 Å². The highest BCUT2D eigenvalue weighted by molar-refractivity contribution is 5.78. The normalized spacial score (nSPS) is 31.6. The van der Waals surface area contributed by atoms with Crippen LogP contribution in [-0.2, 0) is 4.79 Å². The van der Waals surface area contributed by atoms with Crippen LogP contribution in [0.2, 0.25) is 0 Å². The van der Waals surface area contributed by atoms with Crippen LogP contribution >= 0.6 is 0 Å². The van der Waals surface area contributed by atoms with Crippen molar-refractivity contribution in [2.75, 3.05) is 26.7 Å². The Morgan fingerprint density at radius 3 is 2.74 bits per heavy atom. The highest BCUT2D eigenvalue weighted by Crippen LogP contribution is 2.23. The van der Waals surface area contributed by atoms with Gasteiger partial charge in [0.1, 0.15) is 0 Å². The van der Waals surface area contributed by atoms with Crippen molar-refractivity contribution >= 4 is 5.91 Å². The molecular formula is C15H29N3O. The molecule has 2 N–H and O–H groups in total.